The van der Waals surface area contributed by atoms with Gasteiger partial charge in [0.1, 0.15) is 0 Å². The van der Waals surface area contributed by atoms with Crippen LogP contribution in [0.1, 0.15) is 0 Å². The molecule has 0 aromatic heterocycles. The normalized spacial score (nSPS) is 11.5. The first kappa shape index (κ1) is 12.4. The van der Waals surface area contributed by atoms with Gasteiger partial charge in [0.25, 0.3) is 0 Å². The molecule has 0 aliphatic carbocycles. The van der Waals surface area contributed by atoms with Gasteiger partial charge in [-0.05, 0) is 12.1 Å². The van der Waals surface area contributed by atoms with Crippen LogP contribution in [0, 0.1) is 0 Å². The number of halogens is 4. The average Bonchev–Trinajstić information content (AvgIpc) is 2.14. The number of thioether (sulfide) groups is 1. The van der Waals surface area contributed by atoms with Gasteiger partial charge in [0, 0.05) is 4.90 Å². The van der Waals surface area contributed by atoms with Crippen LogP contribution in [0.15, 0.2) is 29.2 Å². The molecule has 0 heterocycles. The van der Waals surface area contributed by atoms with Crippen LogP contribution in [-0.4, -0.2) is 17.7 Å². The lowest BCUT2D eigenvalue weighted by Gasteiger charge is -2.05. The first-order valence-electron chi connectivity index (χ1n) is 3.88. The summed E-state index contributed by atoms with van der Waals surface area (Å²) in [7, 11) is 0. The van der Waals surface area contributed by atoms with E-state index in [1.54, 1.807) is 24.3 Å². The molecule has 0 fully saturated rings. The van der Waals surface area contributed by atoms with Crippen molar-refractivity contribution in [2.75, 3.05) is 5.75 Å². The fraction of sp³-hybridized carbons (Fsp3) is 0.222. The molecule has 0 atom stereocenters. The minimum atomic E-state index is -4.77. The van der Waals surface area contributed by atoms with Crippen LogP contribution in [0.4, 0.5) is 13.2 Å². The van der Waals surface area contributed by atoms with E-state index in [9.17, 15) is 18.0 Å². The summed E-state index contributed by atoms with van der Waals surface area (Å²) in [6.45, 7) is 0. The first-order valence-corrected chi connectivity index (χ1v) is 5.25. The van der Waals surface area contributed by atoms with Gasteiger partial charge in [-0.15, -0.1) is 11.8 Å². The maximum atomic E-state index is 11.9. The van der Waals surface area contributed by atoms with Crippen LogP contribution >= 0.6 is 23.4 Å². The van der Waals surface area contributed by atoms with E-state index in [1.807, 2.05) is 0 Å². The maximum Gasteiger partial charge on any atom is 0.450 e. The molecule has 0 N–H and O–H groups in total. The number of Topliss-reactive ketones (excluding diaryl/α,β-unsaturated/α-hetero) is 1. The topological polar surface area (TPSA) is 17.1 Å². The Morgan fingerprint density at radius 1 is 1.33 bits per heavy atom. The highest BCUT2D eigenvalue weighted by molar-refractivity contribution is 8.00. The van der Waals surface area contributed by atoms with Crippen molar-refractivity contribution < 1.29 is 18.0 Å². The molecule has 0 unspecified atom stereocenters. The molecule has 0 saturated carbocycles. The van der Waals surface area contributed by atoms with Gasteiger partial charge in [-0.25, -0.2) is 0 Å². The molecule has 0 saturated heterocycles. The number of carbonyl (C=O) groups is 1. The molecule has 0 spiro atoms. The second kappa shape index (κ2) is 4.90. The van der Waals surface area contributed by atoms with Crippen molar-refractivity contribution in [2.24, 2.45) is 0 Å². The number of benzene rings is 1. The summed E-state index contributed by atoms with van der Waals surface area (Å²) in [4.78, 5) is 11.0. The number of ketones is 1. The third-order valence-electron chi connectivity index (χ3n) is 1.51. The van der Waals surface area contributed by atoms with Gasteiger partial charge in [0.15, 0.2) is 0 Å². The van der Waals surface area contributed by atoms with Crippen LogP contribution in [0.3, 0.4) is 0 Å². The van der Waals surface area contributed by atoms with E-state index in [0.29, 0.717) is 9.92 Å². The third-order valence-corrected chi connectivity index (χ3v) is 3.03. The predicted molar refractivity (Wildman–Crippen MR) is 53.2 cm³/mol. The highest BCUT2D eigenvalue weighted by atomic mass is 35.5. The standard InChI is InChI=1S/C9H6ClF3OS/c10-6-3-1-2-4-7(6)15-5-8(14)9(11,12)13/h1-4H,5H2. The van der Waals surface area contributed by atoms with Gasteiger partial charge >= 0.3 is 6.18 Å². The van der Waals surface area contributed by atoms with Gasteiger partial charge in [0.2, 0.25) is 5.78 Å². The van der Waals surface area contributed by atoms with E-state index in [4.69, 9.17) is 11.6 Å². The van der Waals surface area contributed by atoms with Crippen molar-refractivity contribution in [3.63, 3.8) is 0 Å². The summed E-state index contributed by atoms with van der Waals surface area (Å²) in [5.41, 5.74) is 0. The van der Waals surface area contributed by atoms with Crippen LogP contribution in [0.2, 0.25) is 5.02 Å². The smallest absolute Gasteiger partial charge is 0.289 e. The third kappa shape index (κ3) is 3.76. The molecular weight excluding hydrogens is 249 g/mol. The summed E-state index contributed by atoms with van der Waals surface area (Å²) in [6.07, 6.45) is -4.77. The Kier molecular flexibility index (Phi) is 4.04. The molecule has 0 bridgehead atoms. The number of hydrogen-bond acceptors (Lipinski definition) is 2. The zero-order chi connectivity index (χ0) is 11.5. The fourth-order valence-corrected chi connectivity index (χ4v) is 1.92. The number of rotatable bonds is 3. The molecule has 15 heavy (non-hydrogen) atoms. The zero-order valence-corrected chi connectivity index (χ0v) is 8.92. The Morgan fingerprint density at radius 2 is 1.93 bits per heavy atom. The second-order valence-electron chi connectivity index (χ2n) is 2.64. The SMILES string of the molecule is O=C(CSc1ccccc1Cl)C(F)(F)F. The molecule has 1 nitrogen and oxygen atoms in total. The highest BCUT2D eigenvalue weighted by Gasteiger charge is 2.37. The molecule has 6 heteroatoms. The quantitative estimate of drug-likeness (QED) is 0.767. The lowest BCUT2D eigenvalue weighted by molar-refractivity contribution is -0.167. The van der Waals surface area contributed by atoms with Crippen molar-refractivity contribution in [1.82, 2.24) is 0 Å². The Morgan fingerprint density at radius 3 is 2.47 bits per heavy atom. The molecule has 0 aliphatic heterocycles. The second-order valence-corrected chi connectivity index (χ2v) is 4.06. The van der Waals surface area contributed by atoms with Gasteiger partial charge < -0.3 is 0 Å². The van der Waals surface area contributed by atoms with Crippen LogP contribution in [0.25, 0.3) is 0 Å². The summed E-state index contributed by atoms with van der Waals surface area (Å²) >= 11 is 6.49. The molecule has 0 aliphatic rings. The molecule has 0 radical (unpaired) electrons. The Balaban J connectivity index is 2.59. The molecule has 0 amide bonds. The summed E-state index contributed by atoms with van der Waals surface area (Å²) in [6, 6.07) is 6.43. The Bertz CT molecular complexity index is 365. The number of hydrogen-bond donors (Lipinski definition) is 0. The number of carbonyl (C=O) groups excluding carboxylic acids is 1. The zero-order valence-electron chi connectivity index (χ0n) is 7.34. The van der Waals surface area contributed by atoms with Gasteiger partial charge in [0.05, 0.1) is 10.8 Å². The lowest BCUT2D eigenvalue weighted by atomic mass is 10.4. The Labute approximate surface area is 93.6 Å². The molecule has 1 aromatic rings. The average molecular weight is 255 g/mol. The fourth-order valence-electron chi connectivity index (χ4n) is 0.787. The first-order chi connectivity index (χ1) is 6.91. The van der Waals surface area contributed by atoms with E-state index in [0.717, 1.165) is 11.8 Å². The molecular formula is C9H6ClF3OS. The van der Waals surface area contributed by atoms with E-state index in [1.165, 1.54) is 0 Å². The monoisotopic (exact) mass is 254 g/mol. The van der Waals surface area contributed by atoms with Crippen LogP contribution < -0.4 is 0 Å². The van der Waals surface area contributed by atoms with Crippen LogP contribution in [-0.2, 0) is 4.79 Å². The van der Waals surface area contributed by atoms with E-state index >= 15 is 0 Å². The summed E-state index contributed by atoms with van der Waals surface area (Å²) in [5, 5.41) is 0.345. The van der Waals surface area contributed by atoms with E-state index in [-0.39, 0.29) is 0 Å². The van der Waals surface area contributed by atoms with Crippen molar-refractivity contribution in [3.05, 3.63) is 29.3 Å². The molecule has 1 aromatic carbocycles. The minimum Gasteiger partial charge on any atom is -0.289 e. The number of alkyl halides is 3. The lowest BCUT2D eigenvalue weighted by Crippen LogP contribution is -2.24. The predicted octanol–water partition coefficient (Wildman–Crippen LogP) is 3.56. The van der Waals surface area contributed by atoms with Gasteiger partial charge in [-0.2, -0.15) is 13.2 Å². The van der Waals surface area contributed by atoms with Crippen molar-refractivity contribution in [1.29, 1.82) is 0 Å². The van der Waals surface area contributed by atoms with Gasteiger partial charge in [-0.3, -0.25) is 4.79 Å². The largest absolute Gasteiger partial charge is 0.450 e. The van der Waals surface area contributed by atoms with Crippen LogP contribution in [0.5, 0.6) is 0 Å². The summed E-state index contributed by atoms with van der Waals surface area (Å²) in [5.74, 6) is -2.40. The minimum absolute atomic E-state index is 0.345. The van der Waals surface area contributed by atoms with Crippen molar-refractivity contribution >= 4 is 29.1 Å². The Hall–Kier alpha value is -0.680. The highest BCUT2D eigenvalue weighted by Crippen LogP contribution is 2.28. The molecule has 82 valence electrons. The van der Waals surface area contributed by atoms with Crippen molar-refractivity contribution in [2.45, 2.75) is 11.1 Å². The molecule has 1 rings (SSSR count). The van der Waals surface area contributed by atoms with Gasteiger partial charge in [-0.1, -0.05) is 23.7 Å². The van der Waals surface area contributed by atoms with Crippen molar-refractivity contribution in [3.8, 4) is 0 Å². The summed E-state index contributed by atoms with van der Waals surface area (Å²) < 4.78 is 35.6. The van der Waals surface area contributed by atoms with E-state index in [2.05, 4.69) is 0 Å². The van der Waals surface area contributed by atoms with E-state index < -0.39 is 17.7 Å². The maximum absolute atomic E-state index is 11.9.